The highest BCUT2D eigenvalue weighted by Gasteiger charge is 2.15. The summed E-state index contributed by atoms with van der Waals surface area (Å²) in [5.74, 6) is 0.00731. The van der Waals surface area contributed by atoms with Gasteiger partial charge in [-0.2, -0.15) is 5.10 Å². The molecule has 0 saturated heterocycles. The van der Waals surface area contributed by atoms with Gasteiger partial charge < -0.3 is 0 Å². The van der Waals surface area contributed by atoms with E-state index in [-0.39, 0.29) is 10.6 Å². The Bertz CT molecular complexity index is 518. The van der Waals surface area contributed by atoms with Crippen LogP contribution in [0.25, 0.3) is 0 Å². The molecule has 1 aromatic heterocycles. The number of aromatic amines is 1. The van der Waals surface area contributed by atoms with Crippen LogP contribution in [0.3, 0.4) is 0 Å². The van der Waals surface area contributed by atoms with Crippen molar-refractivity contribution in [2.75, 3.05) is 0 Å². The Morgan fingerprint density at radius 3 is 2.53 bits per heavy atom. The van der Waals surface area contributed by atoms with Gasteiger partial charge in [0.05, 0.1) is 11.9 Å². The highest BCUT2D eigenvalue weighted by molar-refractivity contribution is 7.90. The van der Waals surface area contributed by atoms with Crippen LogP contribution in [0.5, 0.6) is 0 Å². The number of sulfone groups is 1. The van der Waals surface area contributed by atoms with Gasteiger partial charge in [0.1, 0.15) is 4.90 Å². The molecule has 0 unspecified atom stereocenters. The molecule has 0 bridgehead atoms. The number of benzene rings is 1. The molecule has 78 valence electrons. The van der Waals surface area contributed by atoms with Crippen LogP contribution in [-0.2, 0) is 15.6 Å². The third-order valence-electron chi connectivity index (χ3n) is 2.03. The number of hydrogen-bond acceptors (Lipinski definition) is 3. The lowest BCUT2D eigenvalue weighted by molar-refractivity contribution is 0.595. The Hall–Kier alpha value is -1.62. The summed E-state index contributed by atoms with van der Waals surface area (Å²) in [6.07, 6.45) is 2.70. The maximum atomic E-state index is 11.8. The van der Waals surface area contributed by atoms with Gasteiger partial charge in [-0.1, -0.05) is 30.3 Å². The van der Waals surface area contributed by atoms with E-state index in [4.69, 9.17) is 0 Å². The lowest BCUT2D eigenvalue weighted by atomic mass is 10.2. The van der Waals surface area contributed by atoms with E-state index in [0.717, 1.165) is 5.56 Å². The fraction of sp³-hybridized carbons (Fsp3) is 0.100. The fourth-order valence-electron chi connectivity index (χ4n) is 1.29. The third-order valence-corrected chi connectivity index (χ3v) is 3.69. The lowest BCUT2D eigenvalue weighted by Crippen LogP contribution is -2.03. The van der Waals surface area contributed by atoms with Crippen molar-refractivity contribution in [3.05, 3.63) is 48.3 Å². The number of aromatic nitrogens is 2. The van der Waals surface area contributed by atoms with E-state index in [1.807, 2.05) is 18.2 Å². The zero-order chi connectivity index (χ0) is 10.7. The molecule has 0 spiro atoms. The predicted molar refractivity (Wildman–Crippen MR) is 55.9 cm³/mol. The Morgan fingerprint density at radius 1 is 1.20 bits per heavy atom. The van der Waals surface area contributed by atoms with Crippen molar-refractivity contribution in [3.8, 4) is 0 Å². The number of nitrogens with one attached hydrogen (secondary N) is 1. The Labute approximate surface area is 87.9 Å². The molecule has 0 saturated carbocycles. The molecular weight excluding hydrogens is 212 g/mol. The summed E-state index contributed by atoms with van der Waals surface area (Å²) in [5.41, 5.74) is 0.777. The minimum absolute atomic E-state index is 0.00731. The van der Waals surface area contributed by atoms with Crippen molar-refractivity contribution in [3.63, 3.8) is 0 Å². The Kier molecular flexibility index (Phi) is 2.55. The summed E-state index contributed by atoms with van der Waals surface area (Å²) in [6, 6.07) is 9.07. The predicted octanol–water partition coefficient (Wildman–Crippen LogP) is 1.38. The first-order valence-electron chi connectivity index (χ1n) is 4.44. The number of H-pyrrole nitrogens is 1. The van der Waals surface area contributed by atoms with Gasteiger partial charge in [0.25, 0.3) is 0 Å². The first-order chi connectivity index (χ1) is 7.18. The molecule has 2 aromatic rings. The fourth-order valence-corrected chi connectivity index (χ4v) is 2.53. The summed E-state index contributed by atoms with van der Waals surface area (Å²) in [6.45, 7) is 0. The molecule has 0 aliphatic carbocycles. The van der Waals surface area contributed by atoms with Crippen molar-refractivity contribution in [1.82, 2.24) is 10.2 Å². The van der Waals surface area contributed by atoms with Crippen molar-refractivity contribution in [2.24, 2.45) is 0 Å². The number of nitrogens with zero attached hydrogens (tertiary/aromatic N) is 1. The van der Waals surface area contributed by atoms with Crippen molar-refractivity contribution in [1.29, 1.82) is 0 Å². The van der Waals surface area contributed by atoms with Gasteiger partial charge in [-0.3, -0.25) is 5.10 Å². The molecule has 0 amide bonds. The highest BCUT2D eigenvalue weighted by Crippen LogP contribution is 2.14. The van der Waals surface area contributed by atoms with Crippen LogP contribution >= 0.6 is 0 Å². The first-order valence-corrected chi connectivity index (χ1v) is 6.09. The highest BCUT2D eigenvalue weighted by atomic mass is 32.2. The minimum Gasteiger partial charge on any atom is -0.284 e. The van der Waals surface area contributed by atoms with Crippen molar-refractivity contribution >= 4 is 9.84 Å². The molecule has 0 aliphatic heterocycles. The van der Waals surface area contributed by atoms with E-state index in [1.54, 1.807) is 12.1 Å². The smallest absolute Gasteiger partial charge is 0.185 e. The first kappa shape index (κ1) is 9.92. The second kappa shape index (κ2) is 3.86. The number of hydrogen-bond donors (Lipinski definition) is 1. The summed E-state index contributed by atoms with van der Waals surface area (Å²) in [7, 11) is -3.26. The van der Waals surface area contributed by atoms with Gasteiger partial charge in [0.2, 0.25) is 0 Å². The van der Waals surface area contributed by atoms with E-state index in [1.165, 1.54) is 12.4 Å². The maximum Gasteiger partial charge on any atom is 0.185 e. The zero-order valence-electron chi connectivity index (χ0n) is 7.92. The van der Waals surface area contributed by atoms with E-state index in [2.05, 4.69) is 10.2 Å². The molecule has 2 rings (SSSR count). The quantitative estimate of drug-likeness (QED) is 0.853. The van der Waals surface area contributed by atoms with E-state index < -0.39 is 9.84 Å². The van der Waals surface area contributed by atoms with Crippen LogP contribution in [0.2, 0.25) is 0 Å². The molecule has 0 radical (unpaired) electrons. The molecule has 5 heteroatoms. The average molecular weight is 222 g/mol. The average Bonchev–Trinajstić information content (AvgIpc) is 2.71. The third kappa shape index (κ3) is 2.24. The minimum atomic E-state index is -3.26. The van der Waals surface area contributed by atoms with E-state index in [0.29, 0.717) is 0 Å². The lowest BCUT2D eigenvalue weighted by Gasteiger charge is -2.00. The molecule has 1 heterocycles. The standard InChI is InChI=1S/C10H10N2O2S/c13-15(14,10-6-11-12-7-10)8-9-4-2-1-3-5-9/h1-7H,8H2,(H,11,12). The van der Waals surface area contributed by atoms with Gasteiger partial charge >= 0.3 is 0 Å². The molecule has 4 nitrogen and oxygen atoms in total. The van der Waals surface area contributed by atoms with E-state index in [9.17, 15) is 8.42 Å². The second-order valence-electron chi connectivity index (χ2n) is 3.18. The van der Waals surface area contributed by atoms with Crippen LogP contribution in [0.15, 0.2) is 47.6 Å². The van der Waals surface area contributed by atoms with Crippen molar-refractivity contribution < 1.29 is 8.42 Å². The summed E-state index contributed by atoms with van der Waals surface area (Å²) in [4.78, 5) is 0.228. The monoisotopic (exact) mass is 222 g/mol. The molecule has 0 aliphatic rings. The normalized spacial score (nSPS) is 11.5. The van der Waals surface area contributed by atoms with E-state index >= 15 is 0 Å². The molecule has 15 heavy (non-hydrogen) atoms. The van der Waals surface area contributed by atoms with Crippen LogP contribution < -0.4 is 0 Å². The number of rotatable bonds is 3. The van der Waals surface area contributed by atoms with Crippen LogP contribution in [0.4, 0.5) is 0 Å². The summed E-state index contributed by atoms with van der Waals surface area (Å²) in [5, 5.41) is 6.12. The largest absolute Gasteiger partial charge is 0.284 e. The SMILES string of the molecule is O=S(=O)(Cc1ccccc1)c1cn[nH]c1. The Balaban J connectivity index is 2.27. The molecule has 1 aromatic carbocycles. The van der Waals surface area contributed by atoms with Gasteiger partial charge in [-0.25, -0.2) is 8.42 Å². The van der Waals surface area contributed by atoms with Crippen LogP contribution in [0.1, 0.15) is 5.56 Å². The zero-order valence-corrected chi connectivity index (χ0v) is 8.74. The summed E-state index contributed by atoms with van der Waals surface area (Å²) < 4.78 is 23.6. The maximum absolute atomic E-state index is 11.8. The molecule has 0 fully saturated rings. The van der Waals surface area contributed by atoms with Gasteiger partial charge in [0, 0.05) is 6.20 Å². The molecular formula is C10H10N2O2S. The van der Waals surface area contributed by atoms with Crippen LogP contribution in [0, 0.1) is 0 Å². The van der Waals surface area contributed by atoms with Gasteiger partial charge in [-0.15, -0.1) is 0 Å². The van der Waals surface area contributed by atoms with Crippen molar-refractivity contribution in [2.45, 2.75) is 10.6 Å². The Morgan fingerprint density at radius 2 is 1.93 bits per heavy atom. The second-order valence-corrected chi connectivity index (χ2v) is 5.17. The van der Waals surface area contributed by atoms with Gasteiger partial charge in [0.15, 0.2) is 9.84 Å². The van der Waals surface area contributed by atoms with Crippen LogP contribution in [-0.4, -0.2) is 18.6 Å². The van der Waals surface area contributed by atoms with Gasteiger partial charge in [-0.05, 0) is 5.56 Å². The summed E-state index contributed by atoms with van der Waals surface area (Å²) >= 11 is 0. The topological polar surface area (TPSA) is 62.8 Å². The molecule has 0 atom stereocenters. The molecule has 1 N–H and O–H groups in total.